The number of thiophene rings is 1. The zero-order chi connectivity index (χ0) is 19.1. The fourth-order valence-electron chi connectivity index (χ4n) is 2.57. The van der Waals surface area contributed by atoms with Gasteiger partial charge in [0, 0.05) is 19.2 Å². The number of nitrogens with one attached hydrogen (secondary N) is 2. The Kier molecular flexibility index (Phi) is 6.49. The van der Waals surface area contributed by atoms with Crippen LogP contribution >= 0.6 is 11.3 Å². The summed E-state index contributed by atoms with van der Waals surface area (Å²) in [7, 11) is 1.74. The maximum Gasteiger partial charge on any atom is 0.236 e. The van der Waals surface area contributed by atoms with Crippen LogP contribution in [0.15, 0.2) is 51.4 Å². The molecule has 0 saturated heterocycles. The van der Waals surface area contributed by atoms with Gasteiger partial charge >= 0.3 is 0 Å². The molecule has 3 rings (SSSR count). The van der Waals surface area contributed by atoms with Crippen LogP contribution in [0.25, 0.3) is 10.8 Å². The molecule has 0 unspecified atom stereocenters. The molecule has 7 heteroatoms. The molecule has 2 N–H and O–H groups in total. The van der Waals surface area contributed by atoms with Crippen LogP contribution in [0.3, 0.4) is 0 Å². The molecule has 0 saturated carbocycles. The lowest BCUT2D eigenvalue weighted by Crippen LogP contribution is -2.36. The zero-order valence-corrected chi connectivity index (χ0v) is 16.6. The maximum atomic E-state index is 5.73. The Hall–Kier alpha value is -2.80. The molecule has 0 aliphatic carbocycles. The summed E-state index contributed by atoms with van der Waals surface area (Å²) in [5, 5.41) is 8.57. The lowest BCUT2D eigenvalue weighted by molar-refractivity contribution is 0.336. The summed E-state index contributed by atoms with van der Waals surface area (Å²) < 4.78 is 11.3. The zero-order valence-electron chi connectivity index (χ0n) is 15.8. The topological polar surface area (TPSA) is 71.7 Å². The Balaban J connectivity index is 1.56. The number of hydrogen-bond acceptors (Lipinski definition) is 5. The number of aryl methyl sites for hydroxylation is 1. The van der Waals surface area contributed by atoms with Crippen LogP contribution in [0.1, 0.15) is 23.7 Å². The van der Waals surface area contributed by atoms with Crippen molar-refractivity contribution in [3.8, 4) is 16.5 Å². The molecule has 27 heavy (non-hydrogen) atoms. The van der Waals surface area contributed by atoms with Crippen molar-refractivity contribution in [3.05, 3.63) is 58.8 Å². The van der Waals surface area contributed by atoms with Crippen molar-refractivity contribution in [2.24, 2.45) is 4.99 Å². The highest BCUT2D eigenvalue weighted by Crippen LogP contribution is 2.23. The molecule has 2 aromatic heterocycles. The van der Waals surface area contributed by atoms with E-state index in [4.69, 9.17) is 9.15 Å². The molecule has 0 spiro atoms. The molecule has 0 radical (unpaired) electrons. The van der Waals surface area contributed by atoms with E-state index in [1.54, 1.807) is 24.6 Å². The van der Waals surface area contributed by atoms with E-state index in [-0.39, 0.29) is 0 Å². The molecule has 0 aliphatic heterocycles. The first-order valence-electron chi connectivity index (χ1n) is 8.84. The number of oxazole rings is 1. The molecule has 142 valence electrons. The van der Waals surface area contributed by atoms with Crippen molar-refractivity contribution < 1.29 is 9.15 Å². The molecule has 2 heterocycles. The van der Waals surface area contributed by atoms with Crippen LogP contribution in [0, 0.1) is 6.92 Å². The van der Waals surface area contributed by atoms with Crippen molar-refractivity contribution in [1.29, 1.82) is 0 Å². The van der Waals surface area contributed by atoms with Crippen LogP contribution in [0.2, 0.25) is 0 Å². The van der Waals surface area contributed by atoms with Gasteiger partial charge in [-0.25, -0.2) is 4.98 Å². The Morgan fingerprint density at radius 3 is 2.85 bits per heavy atom. The maximum absolute atomic E-state index is 5.73. The summed E-state index contributed by atoms with van der Waals surface area (Å²) in [4.78, 5) is 9.79. The van der Waals surface area contributed by atoms with Gasteiger partial charge in [0.15, 0.2) is 5.96 Å². The van der Waals surface area contributed by atoms with E-state index in [0.29, 0.717) is 31.5 Å². The molecule has 1 aromatic carbocycles. The Morgan fingerprint density at radius 1 is 1.26 bits per heavy atom. The summed E-state index contributed by atoms with van der Waals surface area (Å²) in [5.41, 5.74) is 3.09. The predicted octanol–water partition coefficient (Wildman–Crippen LogP) is 3.98. The lowest BCUT2D eigenvalue weighted by atomic mass is 10.1. The summed E-state index contributed by atoms with van der Waals surface area (Å²) in [6.45, 7) is 5.84. The second-order valence-electron chi connectivity index (χ2n) is 5.94. The van der Waals surface area contributed by atoms with Gasteiger partial charge in [-0.3, -0.25) is 4.99 Å². The first kappa shape index (κ1) is 19.0. The molecule has 6 nitrogen and oxygen atoms in total. The molecule has 0 bridgehead atoms. The van der Waals surface area contributed by atoms with E-state index in [1.165, 1.54) is 5.56 Å². The van der Waals surface area contributed by atoms with Gasteiger partial charge in [-0.05, 0) is 36.9 Å². The van der Waals surface area contributed by atoms with E-state index in [9.17, 15) is 0 Å². The molecule has 0 amide bonds. The van der Waals surface area contributed by atoms with Crippen LogP contribution < -0.4 is 15.4 Å². The Labute approximate surface area is 163 Å². The number of aliphatic imine (C=N–C) groups is 1. The highest BCUT2D eigenvalue weighted by Gasteiger charge is 2.09. The number of guanidine groups is 1. The summed E-state index contributed by atoms with van der Waals surface area (Å²) >= 11 is 1.61. The van der Waals surface area contributed by atoms with Gasteiger partial charge in [-0.2, -0.15) is 0 Å². The third-order valence-electron chi connectivity index (χ3n) is 3.91. The molecule has 3 aromatic rings. The predicted molar refractivity (Wildman–Crippen MR) is 109 cm³/mol. The van der Waals surface area contributed by atoms with Gasteiger partial charge in [-0.1, -0.05) is 18.2 Å². The molecule has 0 aliphatic rings. The summed E-state index contributed by atoms with van der Waals surface area (Å²) in [6.07, 6.45) is 1.67. The molecule has 0 atom stereocenters. The number of rotatable bonds is 7. The number of benzene rings is 1. The fraction of sp³-hybridized carbons (Fsp3) is 0.300. The quantitative estimate of drug-likeness (QED) is 0.476. The average Bonchev–Trinajstić information content (AvgIpc) is 3.35. The first-order valence-corrected chi connectivity index (χ1v) is 9.72. The number of ether oxygens (including phenoxy) is 1. The van der Waals surface area contributed by atoms with E-state index >= 15 is 0 Å². The van der Waals surface area contributed by atoms with Crippen LogP contribution in [0.5, 0.6) is 5.75 Å². The fourth-order valence-corrected chi connectivity index (χ4v) is 3.23. The van der Waals surface area contributed by atoms with Crippen LogP contribution in [-0.4, -0.2) is 24.6 Å². The number of nitrogens with zero attached hydrogens (tertiary/aromatic N) is 2. The SMILES string of the molecule is CCOc1cc(C)ccc1CNC(=NC)NCc1coc(-c2cccs2)n1. The van der Waals surface area contributed by atoms with Crippen molar-refractivity contribution in [2.45, 2.75) is 26.9 Å². The van der Waals surface area contributed by atoms with E-state index in [0.717, 1.165) is 21.9 Å². The number of hydrogen-bond donors (Lipinski definition) is 2. The minimum absolute atomic E-state index is 0.529. The van der Waals surface area contributed by atoms with Crippen LogP contribution in [-0.2, 0) is 13.1 Å². The van der Waals surface area contributed by atoms with Gasteiger partial charge in [0.05, 0.1) is 23.7 Å². The highest BCUT2D eigenvalue weighted by atomic mass is 32.1. The van der Waals surface area contributed by atoms with Gasteiger partial charge in [-0.15, -0.1) is 11.3 Å². The van der Waals surface area contributed by atoms with Crippen LogP contribution in [0.4, 0.5) is 0 Å². The lowest BCUT2D eigenvalue weighted by Gasteiger charge is -2.14. The van der Waals surface area contributed by atoms with Gasteiger partial charge in [0.1, 0.15) is 12.0 Å². The van der Waals surface area contributed by atoms with E-state index in [1.807, 2.05) is 24.4 Å². The third kappa shape index (κ3) is 5.10. The molecule has 0 fully saturated rings. The summed E-state index contributed by atoms with van der Waals surface area (Å²) in [5.74, 6) is 2.24. The monoisotopic (exact) mass is 384 g/mol. The molecular formula is C20H24N4O2S. The largest absolute Gasteiger partial charge is 0.494 e. The van der Waals surface area contributed by atoms with Gasteiger partial charge < -0.3 is 19.8 Å². The molecular weight excluding hydrogens is 360 g/mol. The van der Waals surface area contributed by atoms with Gasteiger partial charge in [0.25, 0.3) is 0 Å². The first-order chi connectivity index (χ1) is 13.2. The summed E-state index contributed by atoms with van der Waals surface area (Å²) in [6, 6.07) is 10.2. The van der Waals surface area contributed by atoms with E-state index in [2.05, 4.69) is 45.7 Å². The second kappa shape index (κ2) is 9.23. The normalized spacial score (nSPS) is 11.4. The van der Waals surface area contributed by atoms with Gasteiger partial charge in [0.2, 0.25) is 5.89 Å². The minimum Gasteiger partial charge on any atom is -0.494 e. The standard InChI is InChI=1S/C20H24N4O2S/c1-4-25-17-10-14(2)7-8-15(17)11-22-20(21-3)23-12-16-13-26-19(24-16)18-6-5-9-27-18/h5-10,13H,4,11-12H2,1-3H3,(H2,21,22,23). The number of aromatic nitrogens is 1. The Bertz CT molecular complexity index is 887. The van der Waals surface area contributed by atoms with E-state index < -0.39 is 0 Å². The Morgan fingerprint density at radius 2 is 2.11 bits per heavy atom. The third-order valence-corrected chi connectivity index (χ3v) is 4.77. The second-order valence-corrected chi connectivity index (χ2v) is 6.89. The highest BCUT2D eigenvalue weighted by molar-refractivity contribution is 7.13. The van der Waals surface area contributed by atoms with Crippen molar-refractivity contribution in [1.82, 2.24) is 15.6 Å². The van der Waals surface area contributed by atoms with Crippen molar-refractivity contribution in [3.63, 3.8) is 0 Å². The van der Waals surface area contributed by atoms with Crippen molar-refractivity contribution >= 4 is 17.3 Å². The minimum atomic E-state index is 0.529. The van der Waals surface area contributed by atoms with Crippen molar-refractivity contribution in [2.75, 3.05) is 13.7 Å². The smallest absolute Gasteiger partial charge is 0.236 e. The average molecular weight is 385 g/mol.